The zero-order valence-corrected chi connectivity index (χ0v) is 13.2. The molecule has 0 aliphatic carbocycles. The van der Waals surface area contributed by atoms with Crippen molar-refractivity contribution in [1.29, 1.82) is 0 Å². The molecule has 0 spiro atoms. The maximum Gasteiger partial charge on any atom is 0.325 e. The molecule has 126 valence electrons. The Morgan fingerprint density at radius 2 is 1.88 bits per heavy atom. The lowest BCUT2D eigenvalue weighted by atomic mass is 10.3. The third kappa shape index (κ3) is 4.03. The molecule has 1 heterocycles. The van der Waals surface area contributed by atoms with E-state index in [1.165, 1.54) is 43.4 Å². The van der Waals surface area contributed by atoms with Gasteiger partial charge in [0, 0.05) is 13.1 Å². The summed E-state index contributed by atoms with van der Waals surface area (Å²) in [6.07, 6.45) is 0. The van der Waals surface area contributed by atoms with Crippen LogP contribution in [0.3, 0.4) is 0 Å². The minimum atomic E-state index is -0.543. The van der Waals surface area contributed by atoms with Gasteiger partial charge in [-0.25, -0.2) is 4.39 Å². The molecule has 1 aromatic heterocycles. The highest BCUT2D eigenvalue weighted by atomic mass is 19.1. The Balaban J connectivity index is 2.27. The standard InChI is InChI=1S/C16H16FN3O4/c1-3-24-15(22)10-19(2)16(23)13-8-9-14(21)20(18-13)12-6-4-11(17)5-7-12/h4-9H,3,10H2,1-2H3. The van der Waals surface area contributed by atoms with Crippen molar-refractivity contribution in [3.63, 3.8) is 0 Å². The Morgan fingerprint density at radius 1 is 1.21 bits per heavy atom. The summed E-state index contributed by atoms with van der Waals surface area (Å²) in [6, 6.07) is 7.57. The fourth-order valence-corrected chi connectivity index (χ4v) is 1.96. The number of amides is 1. The molecule has 0 fully saturated rings. The van der Waals surface area contributed by atoms with E-state index in [9.17, 15) is 18.8 Å². The fraction of sp³-hybridized carbons (Fsp3) is 0.250. The first-order chi connectivity index (χ1) is 11.4. The van der Waals surface area contributed by atoms with Gasteiger partial charge in [-0.1, -0.05) is 0 Å². The first-order valence-corrected chi connectivity index (χ1v) is 7.19. The summed E-state index contributed by atoms with van der Waals surface area (Å²) in [6.45, 7) is 1.65. The van der Waals surface area contributed by atoms with Gasteiger partial charge in [0.1, 0.15) is 18.1 Å². The molecule has 0 saturated carbocycles. The maximum atomic E-state index is 13.0. The van der Waals surface area contributed by atoms with Crippen LogP contribution in [0.2, 0.25) is 0 Å². The normalized spacial score (nSPS) is 10.3. The Kier molecular flexibility index (Phi) is 5.41. The van der Waals surface area contributed by atoms with Gasteiger partial charge in [0.15, 0.2) is 0 Å². The molecule has 1 amide bonds. The second kappa shape index (κ2) is 7.49. The van der Waals surface area contributed by atoms with Crippen LogP contribution in [0.1, 0.15) is 17.4 Å². The topological polar surface area (TPSA) is 81.5 Å². The van der Waals surface area contributed by atoms with Crippen molar-refractivity contribution in [3.05, 3.63) is 58.3 Å². The van der Waals surface area contributed by atoms with E-state index < -0.39 is 23.3 Å². The first-order valence-electron chi connectivity index (χ1n) is 7.19. The number of aromatic nitrogens is 2. The first kappa shape index (κ1) is 17.3. The van der Waals surface area contributed by atoms with Gasteiger partial charge in [-0.2, -0.15) is 9.78 Å². The molecule has 1 aromatic carbocycles. The molecule has 0 aliphatic heterocycles. The number of likely N-dealkylation sites (N-methyl/N-ethyl adjacent to an activating group) is 1. The lowest BCUT2D eigenvalue weighted by Crippen LogP contribution is -2.35. The Bertz CT molecular complexity index is 802. The van der Waals surface area contributed by atoms with Gasteiger partial charge in [-0.05, 0) is 37.3 Å². The molecule has 0 saturated heterocycles. The number of ether oxygens (including phenoxy) is 1. The molecule has 8 heteroatoms. The summed E-state index contributed by atoms with van der Waals surface area (Å²) in [7, 11) is 1.42. The van der Waals surface area contributed by atoms with Crippen molar-refractivity contribution in [2.45, 2.75) is 6.92 Å². The zero-order chi connectivity index (χ0) is 17.7. The summed E-state index contributed by atoms with van der Waals surface area (Å²) in [5.41, 5.74) is -0.166. The second-order valence-corrected chi connectivity index (χ2v) is 4.91. The minimum Gasteiger partial charge on any atom is -0.465 e. The summed E-state index contributed by atoms with van der Waals surface area (Å²) in [5.74, 6) is -1.53. The van der Waals surface area contributed by atoms with E-state index in [0.29, 0.717) is 5.69 Å². The minimum absolute atomic E-state index is 0.0225. The number of rotatable bonds is 5. The van der Waals surface area contributed by atoms with Gasteiger partial charge in [-0.15, -0.1) is 0 Å². The van der Waals surface area contributed by atoms with E-state index >= 15 is 0 Å². The molecule has 2 rings (SSSR count). The van der Waals surface area contributed by atoms with Crippen LogP contribution in [-0.4, -0.2) is 46.8 Å². The lowest BCUT2D eigenvalue weighted by Gasteiger charge is -2.16. The van der Waals surface area contributed by atoms with Crippen LogP contribution in [0, 0.1) is 5.82 Å². The zero-order valence-electron chi connectivity index (χ0n) is 13.2. The predicted molar refractivity (Wildman–Crippen MR) is 83.4 cm³/mol. The van der Waals surface area contributed by atoms with Crippen molar-refractivity contribution < 1.29 is 18.7 Å². The summed E-state index contributed by atoms with van der Waals surface area (Å²) in [4.78, 5) is 36.8. The number of halogens is 1. The molecule has 0 aliphatic rings. The highest BCUT2D eigenvalue weighted by Crippen LogP contribution is 2.06. The van der Waals surface area contributed by atoms with Gasteiger partial charge < -0.3 is 9.64 Å². The number of hydrogen-bond acceptors (Lipinski definition) is 5. The third-order valence-corrected chi connectivity index (χ3v) is 3.11. The number of nitrogens with zero attached hydrogens (tertiary/aromatic N) is 3. The molecular formula is C16H16FN3O4. The Labute approximate surface area is 137 Å². The second-order valence-electron chi connectivity index (χ2n) is 4.91. The summed E-state index contributed by atoms with van der Waals surface area (Å²) < 4.78 is 18.8. The Hall–Kier alpha value is -3.03. The quantitative estimate of drug-likeness (QED) is 0.763. The van der Waals surface area contributed by atoms with E-state index in [1.54, 1.807) is 6.92 Å². The van der Waals surface area contributed by atoms with Crippen molar-refractivity contribution >= 4 is 11.9 Å². The fourth-order valence-electron chi connectivity index (χ4n) is 1.96. The number of benzene rings is 1. The molecule has 0 radical (unpaired) electrons. The smallest absolute Gasteiger partial charge is 0.325 e. The largest absolute Gasteiger partial charge is 0.465 e. The van der Waals surface area contributed by atoms with Crippen molar-refractivity contribution in [1.82, 2.24) is 14.7 Å². The van der Waals surface area contributed by atoms with E-state index in [0.717, 1.165) is 9.58 Å². The SMILES string of the molecule is CCOC(=O)CN(C)C(=O)c1ccc(=O)n(-c2ccc(F)cc2)n1. The van der Waals surface area contributed by atoms with E-state index in [1.807, 2.05) is 0 Å². The van der Waals surface area contributed by atoms with Gasteiger partial charge in [0.2, 0.25) is 0 Å². The van der Waals surface area contributed by atoms with E-state index in [4.69, 9.17) is 4.74 Å². The van der Waals surface area contributed by atoms with E-state index in [-0.39, 0.29) is 18.8 Å². The van der Waals surface area contributed by atoms with Crippen LogP contribution in [0.4, 0.5) is 4.39 Å². The molecule has 24 heavy (non-hydrogen) atoms. The van der Waals surface area contributed by atoms with Crippen molar-refractivity contribution in [3.8, 4) is 5.69 Å². The molecule has 2 aromatic rings. The van der Waals surface area contributed by atoms with Crippen molar-refractivity contribution in [2.75, 3.05) is 20.2 Å². The number of esters is 1. The molecule has 0 unspecified atom stereocenters. The van der Waals surface area contributed by atoms with Crippen LogP contribution in [0.5, 0.6) is 0 Å². The van der Waals surface area contributed by atoms with Crippen molar-refractivity contribution in [2.24, 2.45) is 0 Å². The van der Waals surface area contributed by atoms with Gasteiger partial charge in [-0.3, -0.25) is 14.4 Å². The molecule has 7 nitrogen and oxygen atoms in total. The predicted octanol–water partition coefficient (Wildman–Crippen LogP) is 1.01. The monoisotopic (exact) mass is 333 g/mol. The average molecular weight is 333 g/mol. The number of carbonyl (C=O) groups is 2. The van der Waals surface area contributed by atoms with Gasteiger partial charge in [0.05, 0.1) is 12.3 Å². The summed E-state index contributed by atoms with van der Waals surface area (Å²) in [5, 5.41) is 3.98. The molecule has 0 bridgehead atoms. The Morgan fingerprint density at radius 3 is 2.50 bits per heavy atom. The maximum absolute atomic E-state index is 13.0. The highest BCUT2D eigenvalue weighted by molar-refractivity contribution is 5.93. The van der Waals surface area contributed by atoms with Crippen LogP contribution in [0.15, 0.2) is 41.2 Å². The van der Waals surface area contributed by atoms with Crippen LogP contribution in [0.25, 0.3) is 5.69 Å². The molecular weight excluding hydrogens is 317 g/mol. The van der Waals surface area contributed by atoms with Crippen LogP contribution >= 0.6 is 0 Å². The third-order valence-electron chi connectivity index (χ3n) is 3.11. The van der Waals surface area contributed by atoms with E-state index in [2.05, 4.69) is 5.10 Å². The van der Waals surface area contributed by atoms with Gasteiger partial charge in [0.25, 0.3) is 11.5 Å². The number of carbonyl (C=O) groups excluding carboxylic acids is 2. The highest BCUT2D eigenvalue weighted by Gasteiger charge is 2.18. The van der Waals surface area contributed by atoms with Crippen LogP contribution in [-0.2, 0) is 9.53 Å². The van der Waals surface area contributed by atoms with Crippen LogP contribution < -0.4 is 5.56 Å². The average Bonchev–Trinajstić information content (AvgIpc) is 2.55. The number of hydrogen-bond donors (Lipinski definition) is 0. The van der Waals surface area contributed by atoms with Gasteiger partial charge >= 0.3 is 5.97 Å². The summed E-state index contributed by atoms with van der Waals surface area (Å²) >= 11 is 0. The lowest BCUT2D eigenvalue weighted by molar-refractivity contribution is -0.143. The molecule has 0 N–H and O–H groups in total. The molecule has 0 atom stereocenters.